The fraction of sp³-hybridized carbons (Fsp3) is 0.200. The number of nitrogens with one attached hydrogen (secondary N) is 1. The number of aryl methyl sites for hydroxylation is 3. The largest absolute Gasteiger partial charge is 0.268 e. The summed E-state index contributed by atoms with van der Waals surface area (Å²) in [6, 6.07) is 19.1. The number of rotatable bonds is 7. The summed E-state index contributed by atoms with van der Waals surface area (Å²) >= 11 is 0. The van der Waals surface area contributed by atoms with E-state index in [1.54, 1.807) is 60.8 Å². The summed E-state index contributed by atoms with van der Waals surface area (Å²) in [4.78, 5) is 0.455. The first-order valence-corrected chi connectivity index (χ1v) is 13.5. The van der Waals surface area contributed by atoms with Crippen LogP contribution in [0.1, 0.15) is 22.3 Å². The van der Waals surface area contributed by atoms with E-state index in [9.17, 15) is 16.8 Å². The molecule has 0 bridgehead atoms. The molecule has 0 atom stereocenters. The Balaban J connectivity index is 1.55. The topological polar surface area (TPSA) is 85.2 Å². The number of nitrogens with zero attached hydrogens (tertiary/aromatic N) is 1. The van der Waals surface area contributed by atoms with E-state index in [4.69, 9.17) is 0 Å². The van der Waals surface area contributed by atoms with Crippen LogP contribution in [-0.2, 0) is 26.5 Å². The van der Waals surface area contributed by atoms with Crippen LogP contribution in [0.4, 0.5) is 0 Å². The first-order chi connectivity index (χ1) is 15.6. The maximum atomic E-state index is 13.2. The van der Waals surface area contributed by atoms with E-state index in [0.717, 1.165) is 27.6 Å². The van der Waals surface area contributed by atoms with Crippen LogP contribution in [0, 0.1) is 20.8 Å². The lowest BCUT2D eigenvalue weighted by Crippen LogP contribution is -2.26. The lowest BCUT2D eigenvalue weighted by Gasteiger charge is -2.10. The van der Waals surface area contributed by atoms with Crippen LogP contribution in [0.15, 0.2) is 82.7 Å². The molecule has 0 saturated carbocycles. The van der Waals surface area contributed by atoms with Gasteiger partial charge in [0.25, 0.3) is 10.0 Å². The Hall–Kier alpha value is -2.94. The molecule has 1 heterocycles. The second kappa shape index (κ2) is 8.78. The van der Waals surface area contributed by atoms with E-state index in [0.29, 0.717) is 11.9 Å². The van der Waals surface area contributed by atoms with Gasteiger partial charge in [0.1, 0.15) is 0 Å². The molecule has 0 fully saturated rings. The first-order valence-electron chi connectivity index (χ1n) is 10.6. The van der Waals surface area contributed by atoms with Gasteiger partial charge in [0.2, 0.25) is 10.0 Å². The van der Waals surface area contributed by atoms with Gasteiger partial charge in [-0.15, -0.1) is 0 Å². The lowest BCUT2D eigenvalue weighted by molar-refractivity contribution is 0.581. The molecule has 4 rings (SSSR count). The van der Waals surface area contributed by atoms with E-state index < -0.39 is 20.0 Å². The average Bonchev–Trinajstić information content (AvgIpc) is 3.20. The fourth-order valence-electron chi connectivity index (χ4n) is 3.63. The minimum atomic E-state index is -3.74. The highest BCUT2D eigenvalue weighted by atomic mass is 32.2. The Morgan fingerprint density at radius 3 is 2.15 bits per heavy atom. The third-order valence-corrected chi connectivity index (χ3v) is 8.96. The molecule has 0 aliphatic rings. The molecule has 0 spiro atoms. The molecule has 0 radical (unpaired) electrons. The standard InChI is InChI=1S/C25H26N2O4S2/c1-18-4-9-23(10-5-18)33(30,31)27-15-13-22-8-7-21(17-25(22)27)12-14-26-32(28,29)24-11-6-19(2)20(3)16-24/h4-11,13,15-17,26H,12,14H2,1-3H3. The second-order valence-electron chi connectivity index (χ2n) is 8.22. The van der Waals surface area contributed by atoms with Gasteiger partial charge >= 0.3 is 0 Å². The van der Waals surface area contributed by atoms with Crippen molar-refractivity contribution in [2.45, 2.75) is 37.0 Å². The van der Waals surface area contributed by atoms with Gasteiger partial charge in [-0.1, -0.05) is 35.9 Å². The molecule has 3 aromatic carbocycles. The maximum Gasteiger partial charge on any atom is 0.268 e. The third-order valence-electron chi connectivity index (χ3n) is 5.79. The Morgan fingerprint density at radius 2 is 1.45 bits per heavy atom. The van der Waals surface area contributed by atoms with Gasteiger partial charge in [-0.25, -0.2) is 25.5 Å². The van der Waals surface area contributed by atoms with E-state index in [2.05, 4.69) is 4.72 Å². The van der Waals surface area contributed by atoms with E-state index in [1.165, 1.54) is 3.97 Å². The zero-order chi connectivity index (χ0) is 23.8. The molecule has 0 amide bonds. The molecule has 0 saturated heterocycles. The van der Waals surface area contributed by atoms with E-state index in [-0.39, 0.29) is 16.3 Å². The molecule has 1 N–H and O–H groups in total. The first kappa shape index (κ1) is 23.2. The number of sulfonamides is 1. The Morgan fingerprint density at radius 1 is 0.758 bits per heavy atom. The van der Waals surface area contributed by atoms with Crippen molar-refractivity contribution in [1.29, 1.82) is 0 Å². The summed E-state index contributed by atoms with van der Waals surface area (Å²) < 4.78 is 55.5. The number of aromatic nitrogens is 1. The predicted octanol–water partition coefficient (Wildman–Crippen LogP) is 4.32. The third kappa shape index (κ3) is 4.73. The average molecular weight is 483 g/mol. The smallest absolute Gasteiger partial charge is 0.241 e. The van der Waals surface area contributed by atoms with Gasteiger partial charge in [0.05, 0.1) is 15.3 Å². The van der Waals surface area contributed by atoms with Crippen molar-refractivity contribution in [3.63, 3.8) is 0 Å². The van der Waals surface area contributed by atoms with Gasteiger partial charge in [-0.05, 0) is 80.3 Å². The van der Waals surface area contributed by atoms with Crippen molar-refractivity contribution < 1.29 is 16.8 Å². The van der Waals surface area contributed by atoms with Crippen molar-refractivity contribution >= 4 is 30.9 Å². The van der Waals surface area contributed by atoms with Gasteiger partial charge in [-0.3, -0.25) is 0 Å². The monoisotopic (exact) mass is 482 g/mol. The summed E-state index contributed by atoms with van der Waals surface area (Å²) in [5.41, 5.74) is 4.33. The van der Waals surface area contributed by atoms with Gasteiger partial charge in [0, 0.05) is 18.1 Å². The highest BCUT2D eigenvalue weighted by Crippen LogP contribution is 2.24. The van der Waals surface area contributed by atoms with Crippen LogP contribution >= 0.6 is 0 Å². The number of hydrogen-bond acceptors (Lipinski definition) is 4. The molecule has 33 heavy (non-hydrogen) atoms. The zero-order valence-electron chi connectivity index (χ0n) is 18.7. The minimum absolute atomic E-state index is 0.201. The number of benzene rings is 3. The molecule has 8 heteroatoms. The molecular formula is C25H26N2O4S2. The van der Waals surface area contributed by atoms with E-state index >= 15 is 0 Å². The van der Waals surface area contributed by atoms with Crippen molar-refractivity contribution in [3.05, 3.63) is 95.2 Å². The summed E-state index contributed by atoms with van der Waals surface area (Å²) in [6.45, 7) is 5.92. The molecule has 172 valence electrons. The van der Waals surface area contributed by atoms with Crippen LogP contribution in [0.3, 0.4) is 0 Å². The van der Waals surface area contributed by atoms with Crippen LogP contribution in [0.5, 0.6) is 0 Å². The highest BCUT2D eigenvalue weighted by Gasteiger charge is 2.19. The molecule has 1 aromatic heterocycles. The second-order valence-corrected chi connectivity index (χ2v) is 11.8. The quantitative estimate of drug-likeness (QED) is 0.425. The van der Waals surface area contributed by atoms with Crippen molar-refractivity contribution in [2.24, 2.45) is 0 Å². The predicted molar refractivity (Wildman–Crippen MR) is 131 cm³/mol. The minimum Gasteiger partial charge on any atom is -0.241 e. The highest BCUT2D eigenvalue weighted by molar-refractivity contribution is 7.90. The van der Waals surface area contributed by atoms with Crippen molar-refractivity contribution in [1.82, 2.24) is 8.69 Å². The van der Waals surface area contributed by atoms with Crippen LogP contribution in [-0.4, -0.2) is 27.4 Å². The summed E-state index contributed by atoms with van der Waals surface area (Å²) in [6.07, 6.45) is 1.97. The van der Waals surface area contributed by atoms with Gasteiger partial charge < -0.3 is 0 Å². The molecule has 0 aliphatic heterocycles. The summed E-state index contributed by atoms with van der Waals surface area (Å²) in [5, 5.41) is 0.796. The zero-order valence-corrected chi connectivity index (χ0v) is 20.4. The Kier molecular flexibility index (Phi) is 6.18. The molecular weight excluding hydrogens is 456 g/mol. The van der Waals surface area contributed by atoms with Gasteiger partial charge in [-0.2, -0.15) is 0 Å². The summed E-state index contributed by atoms with van der Waals surface area (Å²) in [7, 11) is -7.36. The maximum absolute atomic E-state index is 13.2. The Labute approximate surface area is 195 Å². The number of fused-ring (bicyclic) bond motifs is 1. The molecule has 4 aromatic rings. The molecule has 0 unspecified atom stereocenters. The molecule has 0 aliphatic carbocycles. The van der Waals surface area contributed by atoms with Crippen LogP contribution in [0.25, 0.3) is 10.9 Å². The Bertz CT molecular complexity index is 1540. The van der Waals surface area contributed by atoms with E-state index in [1.807, 2.05) is 32.9 Å². The SMILES string of the molecule is Cc1ccc(S(=O)(=O)n2ccc3ccc(CCNS(=O)(=O)c4ccc(C)c(C)c4)cc32)cc1. The van der Waals surface area contributed by atoms with Crippen LogP contribution < -0.4 is 4.72 Å². The lowest BCUT2D eigenvalue weighted by atomic mass is 10.1. The fourth-order valence-corrected chi connectivity index (χ4v) is 6.09. The van der Waals surface area contributed by atoms with Gasteiger partial charge in [0.15, 0.2) is 0 Å². The summed E-state index contributed by atoms with van der Waals surface area (Å²) in [5.74, 6) is 0. The van der Waals surface area contributed by atoms with Crippen LogP contribution in [0.2, 0.25) is 0 Å². The normalized spacial score (nSPS) is 12.3. The molecule has 6 nitrogen and oxygen atoms in total. The van der Waals surface area contributed by atoms with Crippen molar-refractivity contribution in [3.8, 4) is 0 Å². The van der Waals surface area contributed by atoms with Crippen molar-refractivity contribution in [2.75, 3.05) is 6.54 Å². The number of hydrogen-bond donors (Lipinski definition) is 1.